The first-order valence-corrected chi connectivity index (χ1v) is 9.48. The lowest BCUT2D eigenvalue weighted by Gasteiger charge is -2.10. The first-order valence-electron chi connectivity index (χ1n) is 8.60. The van der Waals surface area contributed by atoms with Crippen molar-refractivity contribution in [2.75, 3.05) is 0 Å². The van der Waals surface area contributed by atoms with Crippen LogP contribution < -0.4 is 0 Å². The second kappa shape index (κ2) is 7.36. The topological polar surface area (TPSA) is 80.8 Å². The number of nitrogens with zero attached hydrogens (tertiary/aromatic N) is 3. The minimum atomic E-state index is -0.431. The zero-order valence-corrected chi connectivity index (χ0v) is 15.8. The third kappa shape index (κ3) is 3.78. The zero-order valence-electron chi connectivity index (χ0n) is 15.0. The van der Waals surface area contributed by atoms with Crippen LogP contribution in [0.3, 0.4) is 0 Å². The van der Waals surface area contributed by atoms with Gasteiger partial charge >= 0.3 is 5.97 Å². The van der Waals surface area contributed by atoms with Crippen molar-refractivity contribution in [3.63, 3.8) is 0 Å². The summed E-state index contributed by atoms with van der Waals surface area (Å²) < 4.78 is 5.37. The number of carbonyl (C=O) groups excluding carboxylic acids is 1. The summed E-state index contributed by atoms with van der Waals surface area (Å²) in [5.41, 5.74) is 4.47. The number of ether oxygens (including phenoxy) is 1. The fourth-order valence-corrected chi connectivity index (χ4v) is 3.48. The van der Waals surface area contributed by atoms with E-state index in [1.54, 1.807) is 6.92 Å². The van der Waals surface area contributed by atoms with Gasteiger partial charge in [0, 0.05) is 10.9 Å². The molecule has 2 aromatic carbocycles. The van der Waals surface area contributed by atoms with Crippen LogP contribution in [0.25, 0.3) is 22.1 Å². The van der Waals surface area contributed by atoms with Crippen molar-refractivity contribution in [2.45, 2.75) is 30.9 Å². The van der Waals surface area contributed by atoms with Crippen molar-refractivity contribution in [3.05, 3.63) is 59.7 Å². The molecule has 2 aromatic heterocycles. The van der Waals surface area contributed by atoms with E-state index in [1.165, 1.54) is 11.8 Å². The Bertz CT molecular complexity index is 1110. The lowest BCUT2D eigenvalue weighted by atomic mass is 10.2. The third-order valence-electron chi connectivity index (χ3n) is 4.19. The Labute approximate surface area is 160 Å². The van der Waals surface area contributed by atoms with Gasteiger partial charge < -0.3 is 9.72 Å². The van der Waals surface area contributed by atoms with Crippen molar-refractivity contribution in [1.82, 2.24) is 20.2 Å². The number of hydrogen-bond donors (Lipinski definition) is 1. The van der Waals surface area contributed by atoms with Crippen LogP contribution in [0.5, 0.6) is 0 Å². The molecular formula is C20H18N4O2S. The molecule has 1 unspecified atom stereocenters. The molecule has 0 bridgehead atoms. The van der Waals surface area contributed by atoms with Crippen molar-refractivity contribution < 1.29 is 9.53 Å². The number of aromatic amines is 1. The van der Waals surface area contributed by atoms with Gasteiger partial charge in [0.1, 0.15) is 17.4 Å². The number of aryl methyl sites for hydroxylation is 1. The first-order chi connectivity index (χ1) is 13.1. The molecular weight excluding hydrogens is 360 g/mol. The van der Waals surface area contributed by atoms with E-state index >= 15 is 0 Å². The smallest absolute Gasteiger partial charge is 0.319 e. The Morgan fingerprint density at radius 1 is 1.19 bits per heavy atom. The highest BCUT2D eigenvalue weighted by atomic mass is 32.2. The predicted molar refractivity (Wildman–Crippen MR) is 105 cm³/mol. The summed E-state index contributed by atoms with van der Waals surface area (Å²) in [7, 11) is 0. The number of carbonyl (C=O) groups is 1. The summed E-state index contributed by atoms with van der Waals surface area (Å²) in [4.78, 5) is 20.0. The summed E-state index contributed by atoms with van der Waals surface area (Å²) in [5.74, 6) is -0.306. The summed E-state index contributed by atoms with van der Waals surface area (Å²) in [6, 6.07) is 15.7. The Morgan fingerprint density at radius 3 is 2.81 bits per heavy atom. The monoisotopic (exact) mass is 378 g/mol. The van der Waals surface area contributed by atoms with E-state index in [2.05, 4.69) is 26.2 Å². The van der Waals surface area contributed by atoms with Gasteiger partial charge in [-0.15, -0.1) is 10.2 Å². The summed E-state index contributed by atoms with van der Waals surface area (Å²) in [6.45, 7) is 4.07. The molecule has 1 atom stereocenters. The summed E-state index contributed by atoms with van der Waals surface area (Å²) >= 11 is 1.24. The zero-order chi connectivity index (χ0) is 18.8. The van der Waals surface area contributed by atoms with Gasteiger partial charge in [0.2, 0.25) is 5.16 Å². The SMILES string of the molecule is Cc1ccc2[nH]c3nc(SC(C)C(=O)OCc4ccccc4)nnc3c2c1. The Balaban J connectivity index is 1.47. The highest BCUT2D eigenvalue weighted by Gasteiger charge is 2.19. The highest BCUT2D eigenvalue weighted by molar-refractivity contribution is 8.00. The number of hydrogen-bond acceptors (Lipinski definition) is 6. The maximum absolute atomic E-state index is 12.2. The van der Waals surface area contributed by atoms with Gasteiger partial charge in [0.25, 0.3) is 0 Å². The molecule has 2 heterocycles. The van der Waals surface area contributed by atoms with Crippen molar-refractivity contribution >= 4 is 39.8 Å². The Kier molecular flexibility index (Phi) is 4.77. The van der Waals surface area contributed by atoms with Crippen LogP contribution in [0, 0.1) is 6.92 Å². The minimum Gasteiger partial charge on any atom is -0.460 e. The molecule has 0 aliphatic carbocycles. The lowest BCUT2D eigenvalue weighted by molar-refractivity contribution is -0.143. The van der Waals surface area contributed by atoms with Crippen LogP contribution >= 0.6 is 11.8 Å². The number of esters is 1. The number of thioether (sulfide) groups is 1. The average molecular weight is 378 g/mol. The molecule has 0 spiro atoms. The standard InChI is InChI=1S/C20H18N4O2S/c1-12-8-9-16-15(10-12)17-18(21-16)22-20(24-23-17)27-13(2)19(25)26-11-14-6-4-3-5-7-14/h3-10,13H,11H2,1-2H3,(H,21,22,24). The Hall–Kier alpha value is -2.93. The van der Waals surface area contributed by atoms with Crippen molar-refractivity contribution in [3.8, 4) is 0 Å². The van der Waals surface area contributed by atoms with Gasteiger partial charge in [-0.2, -0.15) is 0 Å². The molecule has 0 aliphatic rings. The van der Waals surface area contributed by atoms with Crippen LogP contribution in [0.4, 0.5) is 0 Å². The summed E-state index contributed by atoms with van der Waals surface area (Å²) in [5, 5.41) is 9.48. The fraction of sp³-hybridized carbons (Fsp3) is 0.200. The number of rotatable bonds is 5. The van der Waals surface area contributed by atoms with E-state index in [4.69, 9.17) is 4.74 Å². The minimum absolute atomic E-state index is 0.254. The number of fused-ring (bicyclic) bond motifs is 3. The average Bonchev–Trinajstić information content (AvgIpc) is 3.03. The molecule has 7 heteroatoms. The van der Waals surface area contributed by atoms with E-state index in [0.29, 0.717) is 10.8 Å². The molecule has 0 amide bonds. The van der Waals surface area contributed by atoms with E-state index in [1.807, 2.05) is 49.4 Å². The van der Waals surface area contributed by atoms with Gasteiger partial charge in [-0.25, -0.2) is 4.98 Å². The van der Waals surface area contributed by atoms with Crippen LogP contribution in [0.1, 0.15) is 18.1 Å². The first kappa shape index (κ1) is 17.5. The molecule has 0 aliphatic heterocycles. The lowest BCUT2D eigenvalue weighted by Crippen LogP contribution is -2.17. The molecule has 0 radical (unpaired) electrons. The molecule has 4 aromatic rings. The second-order valence-electron chi connectivity index (χ2n) is 6.32. The maximum atomic E-state index is 12.2. The number of benzene rings is 2. The number of nitrogens with one attached hydrogen (secondary N) is 1. The van der Waals surface area contributed by atoms with Crippen LogP contribution in [0.15, 0.2) is 53.7 Å². The highest BCUT2D eigenvalue weighted by Crippen LogP contribution is 2.26. The van der Waals surface area contributed by atoms with E-state index < -0.39 is 5.25 Å². The Morgan fingerprint density at radius 2 is 2.00 bits per heavy atom. The molecule has 1 N–H and O–H groups in total. The predicted octanol–water partition coefficient (Wildman–Crippen LogP) is 4.04. The molecule has 4 rings (SSSR count). The van der Waals surface area contributed by atoms with Gasteiger partial charge in [0.05, 0.1) is 0 Å². The van der Waals surface area contributed by atoms with E-state index in [9.17, 15) is 4.79 Å². The van der Waals surface area contributed by atoms with Gasteiger partial charge in [0.15, 0.2) is 5.65 Å². The molecule has 6 nitrogen and oxygen atoms in total. The van der Waals surface area contributed by atoms with Crippen LogP contribution in [-0.4, -0.2) is 31.4 Å². The molecule has 0 saturated heterocycles. The fourth-order valence-electron chi connectivity index (χ4n) is 2.77. The number of H-pyrrole nitrogens is 1. The normalized spacial score (nSPS) is 12.4. The quantitative estimate of drug-likeness (QED) is 0.417. The number of aromatic nitrogens is 4. The third-order valence-corrected chi connectivity index (χ3v) is 5.12. The second-order valence-corrected chi connectivity index (χ2v) is 7.63. The molecule has 0 fully saturated rings. The van der Waals surface area contributed by atoms with Crippen LogP contribution in [-0.2, 0) is 16.1 Å². The van der Waals surface area contributed by atoms with E-state index in [-0.39, 0.29) is 12.6 Å². The van der Waals surface area contributed by atoms with Crippen molar-refractivity contribution in [1.29, 1.82) is 0 Å². The van der Waals surface area contributed by atoms with Gasteiger partial charge in [-0.3, -0.25) is 4.79 Å². The van der Waals surface area contributed by atoms with Gasteiger partial charge in [-0.05, 0) is 31.5 Å². The largest absolute Gasteiger partial charge is 0.460 e. The maximum Gasteiger partial charge on any atom is 0.319 e. The molecule has 0 saturated carbocycles. The summed E-state index contributed by atoms with van der Waals surface area (Å²) in [6.07, 6.45) is 0. The molecule has 136 valence electrons. The molecule has 27 heavy (non-hydrogen) atoms. The van der Waals surface area contributed by atoms with Crippen LogP contribution in [0.2, 0.25) is 0 Å². The van der Waals surface area contributed by atoms with E-state index in [0.717, 1.165) is 27.5 Å². The van der Waals surface area contributed by atoms with Gasteiger partial charge in [-0.1, -0.05) is 53.7 Å². The van der Waals surface area contributed by atoms with Crippen molar-refractivity contribution in [2.24, 2.45) is 0 Å².